The van der Waals surface area contributed by atoms with Crippen molar-refractivity contribution in [1.29, 1.82) is 0 Å². The first-order valence-corrected chi connectivity index (χ1v) is 9.70. The molecule has 0 bridgehead atoms. The summed E-state index contributed by atoms with van der Waals surface area (Å²) in [6.07, 6.45) is 1.85. The topological polar surface area (TPSA) is 71.2 Å². The average molecular weight is 460 g/mol. The van der Waals surface area contributed by atoms with Crippen molar-refractivity contribution in [2.45, 2.75) is 6.92 Å². The number of piperidine rings is 1. The summed E-state index contributed by atoms with van der Waals surface area (Å²) in [6, 6.07) is 10.3. The van der Waals surface area contributed by atoms with Gasteiger partial charge in [-0.1, -0.05) is 18.2 Å². The maximum Gasteiger partial charge on any atom is 0.307 e. The summed E-state index contributed by atoms with van der Waals surface area (Å²) in [6.45, 7) is 3.67. The Morgan fingerprint density at radius 3 is 2.65 bits per heavy atom. The number of rotatable bonds is 3. The van der Waals surface area contributed by atoms with Crippen LogP contribution in [-0.2, 0) is 4.79 Å². The zero-order valence-electron chi connectivity index (χ0n) is 14.1. The molecule has 2 fully saturated rings. The molecule has 26 heavy (non-hydrogen) atoms. The van der Waals surface area contributed by atoms with Gasteiger partial charge >= 0.3 is 5.97 Å². The summed E-state index contributed by atoms with van der Waals surface area (Å²) >= 11 is 2.27. The van der Waals surface area contributed by atoms with E-state index in [1.165, 1.54) is 5.56 Å². The Hall–Kier alpha value is -2.16. The number of anilines is 1. The molecule has 3 aromatic rings. The van der Waals surface area contributed by atoms with E-state index in [4.69, 9.17) is 5.11 Å². The van der Waals surface area contributed by atoms with Crippen molar-refractivity contribution >= 4 is 45.3 Å². The van der Waals surface area contributed by atoms with Gasteiger partial charge in [-0.3, -0.25) is 4.79 Å². The molecule has 1 aliphatic carbocycles. The Labute approximate surface area is 164 Å². The minimum Gasteiger partial charge on any atom is -0.481 e. The van der Waals surface area contributed by atoms with Crippen LogP contribution in [0.5, 0.6) is 0 Å². The highest BCUT2D eigenvalue weighted by Gasteiger charge is 2.59. The third-order valence-corrected chi connectivity index (χ3v) is 6.44. The minimum atomic E-state index is -0.654. The monoisotopic (exact) mass is 460 g/mol. The fourth-order valence-electron chi connectivity index (χ4n) is 4.26. The van der Waals surface area contributed by atoms with Crippen LogP contribution >= 0.6 is 22.6 Å². The number of nitrogens with zero attached hydrogens (tertiary/aromatic N) is 4. The van der Waals surface area contributed by atoms with Crippen LogP contribution in [-0.4, -0.2) is 38.9 Å². The van der Waals surface area contributed by atoms with Crippen LogP contribution in [0, 0.1) is 28.4 Å². The van der Waals surface area contributed by atoms with Crippen LogP contribution in [0.1, 0.15) is 5.56 Å². The first kappa shape index (κ1) is 16.0. The van der Waals surface area contributed by atoms with E-state index < -0.39 is 5.97 Å². The molecule has 6 nitrogen and oxygen atoms in total. The third kappa shape index (κ3) is 2.33. The molecule has 2 aromatic heterocycles. The van der Waals surface area contributed by atoms with Crippen molar-refractivity contribution in [3.63, 3.8) is 0 Å². The molecular formula is C19H17IN4O2. The van der Waals surface area contributed by atoms with Crippen molar-refractivity contribution in [2.75, 3.05) is 18.0 Å². The quantitative estimate of drug-likeness (QED) is 0.609. The Balaban J connectivity index is 1.43. The molecule has 5 rings (SSSR count). The molecular weight excluding hydrogens is 443 g/mol. The number of hydrogen-bond acceptors (Lipinski definition) is 4. The van der Waals surface area contributed by atoms with E-state index in [-0.39, 0.29) is 17.8 Å². The van der Waals surface area contributed by atoms with Crippen molar-refractivity contribution in [3.8, 4) is 5.69 Å². The van der Waals surface area contributed by atoms with Gasteiger partial charge in [-0.05, 0) is 59.0 Å². The van der Waals surface area contributed by atoms with Crippen molar-refractivity contribution in [3.05, 3.63) is 45.8 Å². The smallest absolute Gasteiger partial charge is 0.307 e. The number of benzene rings is 1. The zero-order chi connectivity index (χ0) is 18.0. The van der Waals surface area contributed by atoms with Gasteiger partial charge in [0.15, 0.2) is 0 Å². The van der Waals surface area contributed by atoms with E-state index in [9.17, 15) is 4.79 Å². The van der Waals surface area contributed by atoms with Crippen LogP contribution in [0.25, 0.3) is 16.6 Å². The van der Waals surface area contributed by atoms with Gasteiger partial charge in [0.25, 0.3) is 0 Å². The Morgan fingerprint density at radius 2 is 2.00 bits per heavy atom. The highest BCUT2D eigenvalue weighted by atomic mass is 127. The van der Waals surface area contributed by atoms with E-state index in [1.807, 2.05) is 23.0 Å². The SMILES string of the molecule is Cc1cccc2c(I)nn(-c3ccc(N4C[C@@H]5C(C(=O)O)[C@@H]5C4)nc3)c12. The summed E-state index contributed by atoms with van der Waals surface area (Å²) in [4.78, 5) is 17.9. The van der Waals surface area contributed by atoms with Gasteiger partial charge in [-0.2, -0.15) is 5.10 Å². The predicted octanol–water partition coefficient (Wildman–Crippen LogP) is 3.10. The first-order valence-electron chi connectivity index (χ1n) is 8.62. The lowest BCUT2D eigenvalue weighted by Gasteiger charge is -2.20. The van der Waals surface area contributed by atoms with E-state index in [1.54, 1.807) is 0 Å². The van der Waals surface area contributed by atoms with E-state index in [0.717, 1.165) is 39.2 Å². The molecule has 1 saturated carbocycles. The van der Waals surface area contributed by atoms with Crippen LogP contribution in [0.15, 0.2) is 36.5 Å². The molecule has 1 unspecified atom stereocenters. The zero-order valence-corrected chi connectivity index (χ0v) is 16.3. The summed E-state index contributed by atoms with van der Waals surface area (Å²) < 4.78 is 2.93. The maximum atomic E-state index is 11.1. The maximum absolute atomic E-state index is 11.1. The number of carboxylic acid groups (broad SMARTS) is 1. The summed E-state index contributed by atoms with van der Waals surface area (Å²) in [5, 5.41) is 15.0. The van der Waals surface area contributed by atoms with Gasteiger partial charge in [0.2, 0.25) is 0 Å². The van der Waals surface area contributed by atoms with Crippen molar-refractivity contribution in [1.82, 2.24) is 14.8 Å². The lowest BCUT2D eigenvalue weighted by Crippen LogP contribution is -2.26. The van der Waals surface area contributed by atoms with Crippen LogP contribution in [0.3, 0.4) is 0 Å². The molecule has 1 aromatic carbocycles. The standard InChI is InChI=1S/C19H17IN4O2/c1-10-3-2-4-12-17(10)24(22-18(12)20)11-5-6-15(21-7-11)23-8-13-14(9-23)16(13)19(25)26/h2-7,13-14,16H,8-9H2,1H3,(H,25,26)/t13-,14+,16?. The van der Waals surface area contributed by atoms with Crippen molar-refractivity contribution in [2.24, 2.45) is 17.8 Å². The molecule has 1 saturated heterocycles. The predicted molar refractivity (Wildman–Crippen MR) is 107 cm³/mol. The number of aliphatic carboxylic acids is 1. The second kappa shape index (κ2) is 5.67. The summed E-state index contributed by atoms with van der Waals surface area (Å²) in [7, 11) is 0. The summed E-state index contributed by atoms with van der Waals surface area (Å²) in [5.74, 6) is 0.680. The van der Waals surface area contributed by atoms with E-state index >= 15 is 0 Å². The molecule has 132 valence electrons. The summed E-state index contributed by atoms with van der Waals surface area (Å²) in [5.41, 5.74) is 3.23. The number of para-hydroxylation sites is 1. The van der Waals surface area contributed by atoms with Gasteiger partial charge in [0.1, 0.15) is 9.52 Å². The molecule has 2 aliphatic rings. The number of fused-ring (bicyclic) bond motifs is 2. The number of aromatic nitrogens is 3. The number of carboxylic acids is 1. The second-order valence-electron chi connectivity index (χ2n) is 7.15. The van der Waals surface area contributed by atoms with Gasteiger partial charge in [0.05, 0.1) is 23.3 Å². The lowest BCUT2D eigenvalue weighted by molar-refractivity contribution is -0.139. The molecule has 1 aliphatic heterocycles. The second-order valence-corrected chi connectivity index (χ2v) is 8.17. The Kier molecular flexibility index (Phi) is 3.50. The highest BCUT2D eigenvalue weighted by Crippen LogP contribution is 2.52. The number of pyridine rings is 1. The van der Waals surface area contributed by atoms with Gasteiger partial charge < -0.3 is 10.0 Å². The molecule has 3 heterocycles. The van der Waals surface area contributed by atoms with E-state index in [0.29, 0.717) is 0 Å². The van der Waals surface area contributed by atoms with Crippen LogP contribution in [0.2, 0.25) is 0 Å². The molecule has 7 heteroatoms. The molecule has 1 N–H and O–H groups in total. The van der Waals surface area contributed by atoms with Crippen LogP contribution in [0.4, 0.5) is 5.82 Å². The first-order chi connectivity index (χ1) is 12.5. The molecule has 3 atom stereocenters. The molecule has 0 amide bonds. The van der Waals surface area contributed by atoms with Gasteiger partial charge in [-0.15, -0.1) is 0 Å². The van der Waals surface area contributed by atoms with Crippen LogP contribution < -0.4 is 4.90 Å². The fourth-order valence-corrected chi connectivity index (χ4v) is 4.91. The lowest BCUT2D eigenvalue weighted by atomic mass is 10.2. The number of carbonyl (C=O) groups is 1. The fraction of sp³-hybridized carbons (Fsp3) is 0.316. The normalized spacial score (nSPS) is 24.1. The molecule has 0 spiro atoms. The highest BCUT2D eigenvalue weighted by molar-refractivity contribution is 14.1. The number of halogens is 1. The largest absolute Gasteiger partial charge is 0.481 e. The minimum absolute atomic E-state index is 0.147. The Bertz CT molecular complexity index is 1020. The average Bonchev–Trinajstić information content (AvgIpc) is 2.97. The molecule has 0 radical (unpaired) electrons. The van der Waals surface area contributed by atoms with Crippen molar-refractivity contribution < 1.29 is 9.90 Å². The number of hydrogen-bond donors (Lipinski definition) is 1. The van der Waals surface area contributed by atoms with E-state index in [2.05, 4.69) is 62.7 Å². The van der Waals surface area contributed by atoms with Gasteiger partial charge in [0, 0.05) is 18.5 Å². The third-order valence-electron chi connectivity index (χ3n) is 5.64. The number of aryl methyl sites for hydroxylation is 1. The van der Waals surface area contributed by atoms with Gasteiger partial charge in [-0.25, -0.2) is 9.67 Å². The Morgan fingerprint density at radius 1 is 1.23 bits per heavy atom.